The van der Waals surface area contributed by atoms with Crippen LogP contribution in [0.1, 0.15) is 102 Å². The molecule has 0 radical (unpaired) electrons. The van der Waals surface area contributed by atoms with Crippen molar-refractivity contribution < 1.29 is 118 Å². The van der Waals surface area contributed by atoms with Gasteiger partial charge in [0, 0.05) is 50.7 Å². The number of fused-ring (bicyclic) bond motifs is 2. The quantitative estimate of drug-likeness (QED) is 0.110. The maximum Gasteiger partial charge on any atom is 0.202 e. The number of phenols is 2. The Morgan fingerprint density at radius 1 is 0.684 bits per heavy atom. The average molecular weight is 1090 g/mol. The second-order valence-corrected chi connectivity index (χ2v) is 21.7. The van der Waals surface area contributed by atoms with Crippen molar-refractivity contribution in [2.75, 3.05) is 7.11 Å². The van der Waals surface area contributed by atoms with Gasteiger partial charge in [0.25, 0.3) is 0 Å². The number of methoxy groups -OCH3 is 1. The van der Waals surface area contributed by atoms with Gasteiger partial charge in [0.1, 0.15) is 66.1 Å². The molecule has 24 heteroatoms. The van der Waals surface area contributed by atoms with Gasteiger partial charge in [0.05, 0.1) is 77.6 Å². The van der Waals surface area contributed by atoms with Crippen LogP contribution in [0.5, 0.6) is 17.2 Å². The summed E-state index contributed by atoms with van der Waals surface area (Å²) in [4.78, 5) is 28.9. The summed E-state index contributed by atoms with van der Waals surface area (Å²) in [6, 6.07) is 3.03. The molecule has 0 bridgehead atoms. The summed E-state index contributed by atoms with van der Waals surface area (Å²) < 4.78 is 66.5. The smallest absolute Gasteiger partial charge is 0.202 e. The summed E-state index contributed by atoms with van der Waals surface area (Å²) in [5.41, 5.74) is -1.47. The summed E-state index contributed by atoms with van der Waals surface area (Å²) in [7, 11) is 1.18. The molecule has 2 aromatic carbocycles. The monoisotopic (exact) mass is 1080 g/mol. The number of ether oxygens (including phenoxy) is 11. The Labute approximate surface area is 439 Å². The molecule has 0 unspecified atom stereocenters. The lowest BCUT2D eigenvalue weighted by Gasteiger charge is -2.46. The molecule has 11 N–H and O–H groups in total. The SMILES string of the molecule is CO[C@H](C(=O)[C@H](O)[C@H](C)O)[C@H]1Cc2cc3cc(O[C@H]4C[C@@H](O[C@H]5C[C@@H](O)[C@@H](O)[C@@H](C)O5)[C@@H](O)[C@@H](C)O4)c(C)c(O)c3c(O)c2C(=O)[C@H]1O[C@H]1C[C@@H](O[C@H]2C[C@@H](O[C@H]3C[C@@](C)(O)[C@H](O)[C@@H](C)O3)[C@@H](O)[C@@H](C)O2)[C@@H](O)[C@@H](C)O1. The number of aliphatic hydroxyl groups excluding tert-OH is 8. The van der Waals surface area contributed by atoms with Gasteiger partial charge < -0.3 is 108 Å². The lowest BCUT2D eigenvalue weighted by molar-refractivity contribution is -0.334. The molecule has 6 aliphatic rings. The van der Waals surface area contributed by atoms with Gasteiger partial charge in [-0.3, -0.25) is 9.59 Å². The third kappa shape index (κ3) is 11.9. The fourth-order valence-corrected chi connectivity index (χ4v) is 11.3. The molecule has 0 spiro atoms. The first-order valence-corrected chi connectivity index (χ1v) is 26.0. The predicted octanol–water partition coefficient (Wildman–Crippen LogP) is -0.249. The Kier molecular flexibility index (Phi) is 18.1. The van der Waals surface area contributed by atoms with Crippen LogP contribution in [-0.2, 0) is 58.6 Å². The van der Waals surface area contributed by atoms with Crippen LogP contribution in [0.3, 0.4) is 0 Å². The zero-order valence-corrected chi connectivity index (χ0v) is 44.0. The maximum absolute atomic E-state index is 15.0. The van der Waals surface area contributed by atoms with Crippen LogP contribution in [0.25, 0.3) is 10.8 Å². The van der Waals surface area contributed by atoms with E-state index in [1.807, 2.05) is 0 Å². The first-order chi connectivity index (χ1) is 35.7. The van der Waals surface area contributed by atoms with Gasteiger partial charge in [-0.15, -0.1) is 0 Å². The Morgan fingerprint density at radius 2 is 1.17 bits per heavy atom. The summed E-state index contributed by atoms with van der Waals surface area (Å²) in [6.07, 6.45) is -27.0. The Bertz CT molecular complexity index is 2350. The van der Waals surface area contributed by atoms with Gasteiger partial charge in [-0.2, -0.15) is 0 Å². The third-order valence-corrected chi connectivity index (χ3v) is 15.9. The summed E-state index contributed by atoms with van der Waals surface area (Å²) >= 11 is 0. The molecule has 0 aromatic heterocycles. The highest BCUT2D eigenvalue weighted by Crippen LogP contribution is 2.47. The minimum atomic E-state index is -1.95. The predicted molar refractivity (Wildman–Crippen MR) is 259 cm³/mol. The molecule has 428 valence electrons. The number of hydrogen-bond donors (Lipinski definition) is 11. The highest BCUT2D eigenvalue weighted by atomic mass is 16.7. The lowest BCUT2D eigenvalue weighted by atomic mass is 9.75. The normalized spacial score (nSPS) is 42.5. The second kappa shape index (κ2) is 23.4. The van der Waals surface area contributed by atoms with Crippen LogP contribution in [0.2, 0.25) is 0 Å². The Morgan fingerprint density at radius 3 is 1.70 bits per heavy atom. The van der Waals surface area contributed by atoms with E-state index in [2.05, 4.69) is 0 Å². The van der Waals surface area contributed by atoms with Crippen molar-refractivity contribution in [1.82, 2.24) is 0 Å². The van der Waals surface area contributed by atoms with Gasteiger partial charge >= 0.3 is 0 Å². The fourth-order valence-electron chi connectivity index (χ4n) is 11.3. The zero-order chi connectivity index (χ0) is 55.6. The molecular weight excluding hydrogens is 1010 g/mol. The molecular formula is C52H76O24. The van der Waals surface area contributed by atoms with Crippen molar-refractivity contribution in [2.24, 2.45) is 5.92 Å². The number of aliphatic hydroxyl groups is 9. The summed E-state index contributed by atoms with van der Waals surface area (Å²) in [6.45, 7) is 12.1. The molecule has 0 saturated carbocycles. The molecule has 5 saturated heterocycles. The van der Waals surface area contributed by atoms with Crippen molar-refractivity contribution in [2.45, 2.75) is 241 Å². The molecule has 5 fully saturated rings. The van der Waals surface area contributed by atoms with Gasteiger partial charge in [-0.1, -0.05) is 0 Å². The highest BCUT2D eigenvalue weighted by Gasteiger charge is 2.51. The number of carbonyl (C=O) groups excluding carboxylic acids is 2. The number of Topliss-reactive ketones (excluding diaryl/α,β-unsaturated/α-hetero) is 2. The standard InChI is InChI=1S/C52H76O24/c1-18-29(72-34-14-30(43(58)21(4)68-34)73-33-13-28(54)42(57)20(3)67-33)12-26-10-25-11-27(49(66-9)48(63)41(56)19(2)53)50(47(62)39(25)46(61)38(26)40(18)55)76-36-16-31(44(59)23(6)70-36)74-35-15-32(45(60)22(5)69-35)75-37-17-52(8,65)51(64)24(7)71-37/h10,12,19-24,27-28,30-37,41-45,49-51,53-61,64-65H,11,13-17H2,1-9H3/t19-,20+,21+,22+,23+,24+,27+,28+,30+,31+,32+,33-,34-,35-,36-,37-,41+,42-,43-,44-,45-,49-,50-,51+,52+/m0/s1. The minimum Gasteiger partial charge on any atom is -0.507 e. The molecule has 2 aromatic rings. The number of hydrogen-bond acceptors (Lipinski definition) is 24. The van der Waals surface area contributed by atoms with Gasteiger partial charge in [0.2, 0.25) is 6.29 Å². The second-order valence-electron chi connectivity index (χ2n) is 21.7. The van der Waals surface area contributed by atoms with E-state index < -0.39 is 176 Å². The highest BCUT2D eigenvalue weighted by molar-refractivity contribution is 6.11. The fraction of sp³-hybridized carbons (Fsp3) is 0.769. The van der Waals surface area contributed by atoms with E-state index in [9.17, 15) is 61.0 Å². The van der Waals surface area contributed by atoms with Crippen molar-refractivity contribution in [1.29, 1.82) is 0 Å². The van der Waals surface area contributed by atoms with Crippen molar-refractivity contribution in [3.63, 3.8) is 0 Å². The number of rotatable bonds is 15. The molecule has 24 nitrogen and oxygen atoms in total. The van der Waals surface area contributed by atoms with E-state index in [0.717, 1.165) is 0 Å². The minimum absolute atomic E-state index is 0.0365. The van der Waals surface area contributed by atoms with E-state index in [-0.39, 0.29) is 71.7 Å². The number of phenolic OH excluding ortho intramolecular Hbond substituents is 2. The first-order valence-electron chi connectivity index (χ1n) is 26.0. The van der Waals surface area contributed by atoms with Crippen LogP contribution in [0.4, 0.5) is 0 Å². The zero-order valence-electron chi connectivity index (χ0n) is 44.0. The van der Waals surface area contributed by atoms with Crippen LogP contribution >= 0.6 is 0 Å². The Hall–Kier alpha value is -3.32. The average Bonchev–Trinajstić information content (AvgIpc) is 3.38. The number of aromatic hydroxyl groups is 2. The Balaban J connectivity index is 1.04. The van der Waals surface area contributed by atoms with E-state index >= 15 is 4.79 Å². The number of ketones is 2. The number of carbonyl (C=O) groups is 2. The lowest BCUT2D eigenvalue weighted by Crippen LogP contribution is -2.58. The van der Waals surface area contributed by atoms with Gasteiger partial charge in [0.15, 0.2) is 36.7 Å². The van der Waals surface area contributed by atoms with Crippen LogP contribution in [0.15, 0.2) is 12.1 Å². The van der Waals surface area contributed by atoms with Gasteiger partial charge in [-0.05, 0) is 84.9 Å². The number of benzene rings is 2. The molecule has 5 heterocycles. The van der Waals surface area contributed by atoms with E-state index in [1.165, 1.54) is 46.9 Å². The van der Waals surface area contributed by atoms with E-state index in [4.69, 9.17) is 52.1 Å². The molecule has 76 heavy (non-hydrogen) atoms. The third-order valence-electron chi connectivity index (χ3n) is 15.9. The molecule has 1 aliphatic carbocycles. The summed E-state index contributed by atoms with van der Waals surface area (Å²) in [5, 5.41) is 120. The topological polar surface area (TPSA) is 358 Å². The molecule has 25 atom stereocenters. The van der Waals surface area contributed by atoms with Crippen LogP contribution in [-0.4, -0.2) is 222 Å². The van der Waals surface area contributed by atoms with Crippen molar-refractivity contribution in [3.8, 4) is 17.2 Å². The van der Waals surface area contributed by atoms with Crippen molar-refractivity contribution in [3.05, 3.63) is 28.8 Å². The summed E-state index contributed by atoms with van der Waals surface area (Å²) in [5.74, 6) is -4.07. The molecule has 0 amide bonds. The van der Waals surface area contributed by atoms with Crippen LogP contribution in [0, 0.1) is 12.8 Å². The molecule has 5 aliphatic heterocycles. The van der Waals surface area contributed by atoms with E-state index in [0.29, 0.717) is 0 Å². The molecule has 8 rings (SSSR count). The maximum atomic E-state index is 15.0. The largest absolute Gasteiger partial charge is 0.507 e. The van der Waals surface area contributed by atoms with E-state index in [1.54, 1.807) is 27.7 Å². The van der Waals surface area contributed by atoms with Gasteiger partial charge in [-0.25, -0.2) is 0 Å². The first kappa shape index (κ1) is 58.8. The van der Waals surface area contributed by atoms with Crippen LogP contribution < -0.4 is 4.74 Å². The van der Waals surface area contributed by atoms with Crippen molar-refractivity contribution >= 4 is 22.3 Å².